The fourth-order valence-electron chi connectivity index (χ4n) is 1.66. The molecule has 0 saturated heterocycles. The second-order valence-electron chi connectivity index (χ2n) is 4.36. The Morgan fingerprint density at radius 2 is 1.67 bits per heavy atom. The van der Waals surface area contributed by atoms with Crippen molar-refractivity contribution in [3.8, 4) is 17.2 Å². The molecule has 0 fully saturated rings. The molecular weight excluding hydrogens is 320 g/mol. The average Bonchev–Trinajstić information content (AvgIpc) is 2.57. The van der Waals surface area contributed by atoms with Crippen molar-refractivity contribution in [1.29, 1.82) is 0 Å². The van der Waals surface area contributed by atoms with E-state index in [0.717, 1.165) is 0 Å². The highest BCUT2D eigenvalue weighted by molar-refractivity contribution is 5.88. The highest BCUT2D eigenvalue weighted by Crippen LogP contribution is 2.41. The SMILES string of the molecule is COCOc1ccc(/C=C/C(=O)OC)c(OC(C)=O)c1OCOC. The Morgan fingerprint density at radius 3 is 2.25 bits per heavy atom. The zero-order chi connectivity index (χ0) is 17.9. The van der Waals surface area contributed by atoms with Crippen LogP contribution in [0.4, 0.5) is 0 Å². The van der Waals surface area contributed by atoms with Gasteiger partial charge in [0.1, 0.15) is 0 Å². The maximum atomic E-state index is 11.4. The summed E-state index contributed by atoms with van der Waals surface area (Å²) in [5.74, 6) is -0.582. The Kier molecular flexibility index (Phi) is 8.31. The first-order valence-corrected chi connectivity index (χ1v) is 6.88. The summed E-state index contributed by atoms with van der Waals surface area (Å²) in [7, 11) is 4.17. The third-order valence-electron chi connectivity index (χ3n) is 2.61. The number of hydrogen-bond donors (Lipinski definition) is 0. The molecule has 0 bridgehead atoms. The van der Waals surface area contributed by atoms with Gasteiger partial charge in [-0.25, -0.2) is 4.79 Å². The van der Waals surface area contributed by atoms with Crippen LogP contribution in [0.3, 0.4) is 0 Å². The van der Waals surface area contributed by atoms with Gasteiger partial charge >= 0.3 is 11.9 Å². The van der Waals surface area contributed by atoms with Gasteiger partial charge in [-0.2, -0.15) is 0 Å². The second kappa shape index (κ2) is 10.2. The zero-order valence-corrected chi connectivity index (χ0v) is 14.0. The summed E-state index contributed by atoms with van der Waals surface area (Å²) in [5, 5.41) is 0. The van der Waals surface area contributed by atoms with Crippen LogP contribution in [0.15, 0.2) is 18.2 Å². The zero-order valence-electron chi connectivity index (χ0n) is 14.0. The molecule has 0 atom stereocenters. The van der Waals surface area contributed by atoms with Crippen molar-refractivity contribution >= 4 is 18.0 Å². The highest BCUT2D eigenvalue weighted by Gasteiger charge is 2.19. The number of esters is 2. The van der Waals surface area contributed by atoms with Crippen LogP contribution in [0.5, 0.6) is 17.2 Å². The van der Waals surface area contributed by atoms with Crippen LogP contribution < -0.4 is 14.2 Å². The van der Waals surface area contributed by atoms with Crippen molar-refractivity contribution in [3.63, 3.8) is 0 Å². The molecule has 0 amide bonds. The summed E-state index contributed by atoms with van der Waals surface area (Å²) >= 11 is 0. The lowest BCUT2D eigenvalue weighted by Gasteiger charge is -2.17. The van der Waals surface area contributed by atoms with E-state index in [4.69, 9.17) is 23.7 Å². The standard InChI is InChI=1S/C16H20O8/c1-11(17)24-15-12(6-8-14(18)21-4)5-7-13(22-9-19-2)16(15)23-10-20-3/h5-8H,9-10H2,1-4H3/b8-6+. The Hall–Kier alpha value is -2.58. The van der Waals surface area contributed by atoms with Crippen LogP contribution >= 0.6 is 0 Å². The van der Waals surface area contributed by atoms with Crippen LogP contribution in [0.2, 0.25) is 0 Å². The minimum Gasteiger partial charge on any atom is -0.466 e. The van der Waals surface area contributed by atoms with Crippen LogP contribution in [0.25, 0.3) is 6.08 Å². The summed E-state index contributed by atoms with van der Waals surface area (Å²) in [6.45, 7) is 1.12. The van der Waals surface area contributed by atoms with Crippen molar-refractivity contribution in [1.82, 2.24) is 0 Å². The number of carbonyl (C=O) groups is 2. The number of hydrogen-bond acceptors (Lipinski definition) is 8. The first-order valence-electron chi connectivity index (χ1n) is 6.88. The van der Waals surface area contributed by atoms with E-state index in [1.165, 1.54) is 40.4 Å². The maximum Gasteiger partial charge on any atom is 0.330 e. The molecule has 1 rings (SSSR count). The summed E-state index contributed by atoms with van der Waals surface area (Å²) in [4.78, 5) is 22.7. The molecule has 1 aromatic carbocycles. The predicted molar refractivity (Wildman–Crippen MR) is 83.8 cm³/mol. The van der Waals surface area contributed by atoms with E-state index in [2.05, 4.69) is 4.74 Å². The topological polar surface area (TPSA) is 89.5 Å². The minimum atomic E-state index is -0.561. The van der Waals surface area contributed by atoms with Gasteiger partial charge in [-0.3, -0.25) is 4.79 Å². The first kappa shape index (κ1) is 19.5. The highest BCUT2D eigenvalue weighted by atomic mass is 16.7. The molecule has 0 unspecified atom stereocenters. The molecule has 0 radical (unpaired) electrons. The molecule has 0 aliphatic heterocycles. The van der Waals surface area contributed by atoms with Crippen molar-refractivity contribution in [2.75, 3.05) is 34.9 Å². The fourth-order valence-corrected chi connectivity index (χ4v) is 1.66. The van der Waals surface area contributed by atoms with Crippen LogP contribution in [-0.2, 0) is 23.8 Å². The molecule has 0 spiro atoms. The van der Waals surface area contributed by atoms with E-state index in [1.807, 2.05) is 0 Å². The maximum absolute atomic E-state index is 11.4. The number of ether oxygens (including phenoxy) is 6. The largest absolute Gasteiger partial charge is 0.466 e. The van der Waals surface area contributed by atoms with Gasteiger partial charge in [0.2, 0.25) is 5.75 Å². The van der Waals surface area contributed by atoms with Crippen molar-refractivity contribution in [3.05, 3.63) is 23.8 Å². The minimum absolute atomic E-state index is 0.0276. The summed E-state index contributed by atoms with van der Waals surface area (Å²) in [6.07, 6.45) is 2.63. The van der Waals surface area contributed by atoms with Gasteiger partial charge in [-0.05, 0) is 18.2 Å². The van der Waals surface area contributed by atoms with Gasteiger partial charge in [-0.1, -0.05) is 0 Å². The van der Waals surface area contributed by atoms with E-state index in [1.54, 1.807) is 12.1 Å². The summed E-state index contributed by atoms with van der Waals surface area (Å²) in [6, 6.07) is 3.19. The summed E-state index contributed by atoms with van der Waals surface area (Å²) < 4.78 is 30.3. The third kappa shape index (κ3) is 5.90. The van der Waals surface area contributed by atoms with Crippen LogP contribution in [0, 0.1) is 0 Å². The van der Waals surface area contributed by atoms with E-state index in [0.29, 0.717) is 11.3 Å². The van der Waals surface area contributed by atoms with Gasteiger partial charge < -0.3 is 28.4 Å². The van der Waals surface area contributed by atoms with E-state index in [9.17, 15) is 9.59 Å². The molecule has 0 aliphatic carbocycles. The molecule has 0 saturated carbocycles. The van der Waals surface area contributed by atoms with Crippen molar-refractivity contribution in [2.45, 2.75) is 6.92 Å². The Bertz CT molecular complexity index is 594. The van der Waals surface area contributed by atoms with E-state index >= 15 is 0 Å². The van der Waals surface area contributed by atoms with Crippen LogP contribution in [0.1, 0.15) is 12.5 Å². The monoisotopic (exact) mass is 340 g/mol. The van der Waals surface area contributed by atoms with E-state index < -0.39 is 11.9 Å². The molecule has 0 aromatic heterocycles. The molecule has 8 heteroatoms. The molecule has 0 N–H and O–H groups in total. The molecular formula is C16H20O8. The number of rotatable bonds is 9. The molecule has 24 heavy (non-hydrogen) atoms. The van der Waals surface area contributed by atoms with Gasteiger partial charge in [-0.15, -0.1) is 0 Å². The number of methoxy groups -OCH3 is 3. The van der Waals surface area contributed by atoms with Gasteiger partial charge in [0, 0.05) is 32.8 Å². The summed E-state index contributed by atoms with van der Waals surface area (Å²) in [5.41, 5.74) is 0.423. The third-order valence-corrected chi connectivity index (χ3v) is 2.61. The molecule has 8 nitrogen and oxygen atoms in total. The second-order valence-corrected chi connectivity index (χ2v) is 4.36. The first-order chi connectivity index (χ1) is 11.5. The average molecular weight is 340 g/mol. The lowest BCUT2D eigenvalue weighted by Crippen LogP contribution is -2.09. The van der Waals surface area contributed by atoms with Gasteiger partial charge in [0.15, 0.2) is 25.1 Å². The smallest absolute Gasteiger partial charge is 0.330 e. The quantitative estimate of drug-likeness (QED) is 0.291. The van der Waals surface area contributed by atoms with Crippen molar-refractivity contribution < 1.29 is 38.0 Å². The fraction of sp³-hybridized carbons (Fsp3) is 0.375. The lowest BCUT2D eigenvalue weighted by atomic mass is 10.1. The van der Waals surface area contributed by atoms with Gasteiger partial charge in [0.05, 0.1) is 7.11 Å². The van der Waals surface area contributed by atoms with Crippen molar-refractivity contribution in [2.24, 2.45) is 0 Å². The lowest BCUT2D eigenvalue weighted by molar-refractivity contribution is -0.135. The molecule has 0 aliphatic rings. The number of carbonyl (C=O) groups excluding carboxylic acids is 2. The molecule has 132 valence electrons. The molecule has 0 heterocycles. The van der Waals surface area contributed by atoms with Crippen LogP contribution in [-0.4, -0.2) is 46.9 Å². The Balaban J connectivity index is 3.33. The predicted octanol–water partition coefficient (Wildman–Crippen LogP) is 1.76. The Morgan fingerprint density at radius 1 is 1.00 bits per heavy atom. The number of benzene rings is 1. The molecule has 1 aromatic rings. The van der Waals surface area contributed by atoms with Gasteiger partial charge in [0.25, 0.3) is 0 Å². The Labute approximate surface area is 139 Å². The normalized spacial score (nSPS) is 10.5. The van der Waals surface area contributed by atoms with E-state index in [-0.39, 0.29) is 25.1 Å².